The summed E-state index contributed by atoms with van der Waals surface area (Å²) < 4.78 is 0. The molecule has 1 amide bonds. The van der Waals surface area contributed by atoms with Gasteiger partial charge in [0.05, 0.1) is 12.6 Å². The Bertz CT molecular complexity index is 219. The second-order valence-corrected chi connectivity index (χ2v) is 4.40. The highest BCUT2D eigenvalue weighted by Gasteiger charge is 2.28. The van der Waals surface area contributed by atoms with Crippen LogP contribution in [0.5, 0.6) is 0 Å². The van der Waals surface area contributed by atoms with Gasteiger partial charge in [0.15, 0.2) is 0 Å². The van der Waals surface area contributed by atoms with Crippen molar-refractivity contribution in [2.24, 2.45) is 0 Å². The highest BCUT2D eigenvalue weighted by Crippen LogP contribution is 2.10. The summed E-state index contributed by atoms with van der Waals surface area (Å²) in [6.45, 7) is 8.91. The summed E-state index contributed by atoms with van der Waals surface area (Å²) in [6.07, 6.45) is 0.464. The van der Waals surface area contributed by atoms with Crippen molar-refractivity contribution in [1.82, 2.24) is 9.80 Å². The van der Waals surface area contributed by atoms with Crippen LogP contribution in [0.4, 0.5) is 0 Å². The molecule has 1 aliphatic heterocycles. The van der Waals surface area contributed by atoms with Gasteiger partial charge in [0.25, 0.3) is 0 Å². The number of aliphatic hydroxyl groups is 1. The molecule has 0 saturated carbocycles. The van der Waals surface area contributed by atoms with Crippen LogP contribution in [-0.4, -0.2) is 59.1 Å². The van der Waals surface area contributed by atoms with E-state index in [-0.39, 0.29) is 12.0 Å². The highest BCUT2D eigenvalue weighted by molar-refractivity contribution is 5.79. The van der Waals surface area contributed by atoms with Crippen molar-refractivity contribution < 1.29 is 9.90 Å². The van der Waals surface area contributed by atoms with Gasteiger partial charge in [-0.1, -0.05) is 0 Å². The maximum absolute atomic E-state index is 11.7. The van der Waals surface area contributed by atoms with Gasteiger partial charge in [-0.15, -0.1) is 0 Å². The zero-order chi connectivity index (χ0) is 11.4. The molecule has 0 radical (unpaired) electrons. The Balaban J connectivity index is 2.42. The Hall–Kier alpha value is -0.610. The summed E-state index contributed by atoms with van der Waals surface area (Å²) in [6, 6.07) is 0.297. The normalized spacial score (nSPS) is 25.7. The number of hydrogen-bond donors (Lipinski definition) is 1. The summed E-state index contributed by atoms with van der Waals surface area (Å²) in [7, 11) is 0. The molecule has 0 bridgehead atoms. The monoisotopic (exact) mass is 214 g/mol. The molecule has 2 unspecified atom stereocenters. The van der Waals surface area contributed by atoms with Crippen LogP contribution in [0.2, 0.25) is 0 Å². The molecule has 0 aliphatic carbocycles. The molecular formula is C11H22N2O2. The molecule has 1 saturated heterocycles. The molecule has 15 heavy (non-hydrogen) atoms. The topological polar surface area (TPSA) is 43.8 Å². The molecule has 0 aromatic rings. The highest BCUT2D eigenvalue weighted by atomic mass is 16.3. The third-order valence-electron chi connectivity index (χ3n) is 2.94. The SMILES string of the molecule is CCN1C(=O)CN(CCC(C)O)CC1C. The van der Waals surface area contributed by atoms with Gasteiger partial charge in [0.1, 0.15) is 0 Å². The number of carbonyl (C=O) groups is 1. The fraction of sp³-hybridized carbons (Fsp3) is 0.909. The lowest BCUT2D eigenvalue weighted by molar-refractivity contribution is -0.139. The van der Waals surface area contributed by atoms with E-state index in [2.05, 4.69) is 11.8 Å². The quantitative estimate of drug-likeness (QED) is 0.732. The Kier molecular flexibility index (Phi) is 4.54. The first-order chi connectivity index (χ1) is 7.04. The third kappa shape index (κ3) is 3.47. The Morgan fingerprint density at radius 3 is 2.73 bits per heavy atom. The fourth-order valence-corrected chi connectivity index (χ4v) is 2.09. The van der Waals surface area contributed by atoms with Crippen molar-refractivity contribution in [3.63, 3.8) is 0 Å². The molecule has 1 fully saturated rings. The molecule has 1 N–H and O–H groups in total. The van der Waals surface area contributed by atoms with Crippen molar-refractivity contribution in [2.45, 2.75) is 39.3 Å². The first kappa shape index (κ1) is 12.5. The summed E-state index contributed by atoms with van der Waals surface area (Å²) >= 11 is 0. The van der Waals surface area contributed by atoms with E-state index in [9.17, 15) is 9.90 Å². The van der Waals surface area contributed by atoms with E-state index < -0.39 is 0 Å². The van der Waals surface area contributed by atoms with Crippen LogP contribution < -0.4 is 0 Å². The minimum atomic E-state index is -0.278. The number of amides is 1. The first-order valence-corrected chi connectivity index (χ1v) is 5.74. The summed E-state index contributed by atoms with van der Waals surface area (Å²) in [5.41, 5.74) is 0. The molecule has 1 rings (SSSR count). The van der Waals surface area contributed by atoms with Crippen LogP contribution in [0.15, 0.2) is 0 Å². The molecule has 4 heteroatoms. The Morgan fingerprint density at radius 2 is 2.27 bits per heavy atom. The first-order valence-electron chi connectivity index (χ1n) is 5.74. The third-order valence-corrected chi connectivity index (χ3v) is 2.94. The van der Waals surface area contributed by atoms with E-state index in [0.717, 1.165) is 26.1 Å². The summed E-state index contributed by atoms with van der Waals surface area (Å²) in [5.74, 6) is 0.210. The molecule has 1 aliphatic rings. The van der Waals surface area contributed by atoms with Crippen molar-refractivity contribution >= 4 is 5.91 Å². The van der Waals surface area contributed by atoms with E-state index in [1.54, 1.807) is 6.92 Å². The Morgan fingerprint density at radius 1 is 1.60 bits per heavy atom. The van der Waals surface area contributed by atoms with E-state index >= 15 is 0 Å². The van der Waals surface area contributed by atoms with Crippen molar-refractivity contribution in [3.05, 3.63) is 0 Å². The molecule has 0 aromatic carbocycles. The maximum atomic E-state index is 11.7. The molecule has 2 atom stereocenters. The van der Waals surface area contributed by atoms with Crippen LogP contribution >= 0.6 is 0 Å². The lowest BCUT2D eigenvalue weighted by atomic mass is 10.1. The van der Waals surface area contributed by atoms with Crippen molar-refractivity contribution in [2.75, 3.05) is 26.2 Å². The average molecular weight is 214 g/mol. The van der Waals surface area contributed by atoms with E-state index in [1.807, 2.05) is 11.8 Å². The van der Waals surface area contributed by atoms with Gasteiger partial charge in [-0.05, 0) is 27.2 Å². The van der Waals surface area contributed by atoms with Gasteiger partial charge in [-0.3, -0.25) is 9.69 Å². The van der Waals surface area contributed by atoms with E-state index in [0.29, 0.717) is 12.6 Å². The van der Waals surface area contributed by atoms with E-state index in [1.165, 1.54) is 0 Å². The van der Waals surface area contributed by atoms with Gasteiger partial charge >= 0.3 is 0 Å². The van der Waals surface area contributed by atoms with Gasteiger partial charge in [0, 0.05) is 25.7 Å². The van der Waals surface area contributed by atoms with Gasteiger partial charge in [-0.2, -0.15) is 0 Å². The lowest BCUT2D eigenvalue weighted by Gasteiger charge is -2.39. The molecule has 0 spiro atoms. The van der Waals surface area contributed by atoms with Crippen molar-refractivity contribution in [3.8, 4) is 0 Å². The minimum Gasteiger partial charge on any atom is -0.393 e. The predicted molar refractivity (Wildman–Crippen MR) is 59.6 cm³/mol. The molecule has 4 nitrogen and oxygen atoms in total. The summed E-state index contributed by atoms with van der Waals surface area (Å²) in [5, 5.41) is 9.19. The molecule has 0 aromatic heterocycles. The van der Waals surface area contributed by atoms with Crippen molar-refractivity contribution in [1.29, 1.82) is 0 Å². The number of piperazine rings is 1. The van der Waals surface area contributed by atoms with Crippen LogP contribution in [0.3, 0.4) is 0 Å². The second kappa shape index (κ2) is 5.47. The predicted octanol–water partition coefficient (Wildman–Crippen LogP) is 0.310. The number of likely N-dealkylation sites (N-methyl/N-ethyl adjacent to an activating group) is 1. The van der Waals surface area contributed by atoms with Gasteiger partial charge < -0.3 is 10.0 Å². The zero-order valence-electron chi connectivity index (χ0n) is 9.94. The Labute approximate surface area is 91.9 Å². The maximum Gasteiger partial charge on any atom is 0.237 e. The number of carbonyl (C=O) groups excluding carboxylic acids is 1. The fourth-order valence-electron chi connectivity index (χ4n) is 2.09. The molecule has 88 valence electrons. The number of hydrogen-bond acceptors (Lipinski definition) is 3. The van der Waals surface area contributed by atoms with Gasteiger partial charge in [-0.25, -0.2) is 0 Å². The van der Waals surface area contributed by atoms with Crippen LogP contribution in [0.1, 0.15) is 27.2 Å². The van der Waals surface area contributed by atoms with Gasteiger partial charge in [0.2, 0.25) is 5.91 Å². The second-order valence-electron chi connectivity index (χ2n) is 4.40. The molecular weight excluding hydrogens is 192 g/mol. The average Bonchev–Trinajstić information content (AvgIpc) is 2.14. The largest absolute Gasteiger partial charge is 0.393 e. The van der Waals surface area contributed by atoms with Crippen LogP contribution in [0.25, 0.3) is 0 Å². The smallest absolute Gasteiger partial charge is 0.237 e. The van der Waals surface area contributed by atoms with E-state index in [4.69, 9.17) is 0 Å². The van der Waals surface area contributed by atoms with Crippen LogP contribution in [0, 0.1) is 0 Å². The summed E-state index contributed by atoms with van der Waals surface area (Å²) in [4.78, 5) is 15.8. The number of rotatable bonds is 4. The lowest BCUT2D eigenvalue weighted by Crippen LogP contribution is -2.55. The number of nitrogens with zero attached hydrogens (tertiary/aromatic N) is 2. The zero-order valence-corrected chi connectivity index (χ0v) is 9.94. The number of aliphatic hydroxyl groups excluding tert-OH is 1. The standard InChI is InChI=1S/C11H22N2O2/c1-4-13-9(2)7-12(8-11(13)15)6-5-10(3)14/h9-10,14H,4-8H2,1-3H3. The van der Waals surface area contributed by atoms with Crippen LogP contribution in [-0.2, 0) is 4.79 Å². The minimum absolute atomic E-state index is 0.210. The molecule has 1 heterocycles.